The summed E-state index contributed by atoms with van der Waals surface area (Å²) in [5.41, 5.74) is 2.48. The van der Waals surface area contributed by atoms with Crippen molar-refractivity contribution >= 4 is 23.5 Å². The molecule has 2 aromatic carbocycles. The maximum atomic E-state index is 13.5. The van der Waals surface area contributed by atoms with Crippen molar-refractivity contribution in [3.63, 3.8) is 0 Å². The molecule has 30 heavy (non-hydrogen) atoms. The third-order valence-electron chi connectivity index (χ3n) is 5.86. The van der Waals surface area contributed by atoms with Gasteiger partial charge in [-0.1, -0.05) is 48.5 Å². The molecule has 4 N–H and O–H groups in total. The predicted molar refractivity (Wildman–Crippen MR) is 112 cm³/mol. The molecule has 0 fully saturated rings. The highest BCUT2D eigenvalue weighted by atomic mass is 16.4. The van der Waals surface area contributed by atoms with Crippen molar-refractivity contribution in [1.29, 1.82) is 0 Å². The average Bonchev–Trinajstić information content (AvgIpc) is 2.72. The molecule has 158 valence electrons. The average molecular weight is 411 g/mol. The quantitative estimate of drug-likeness (QED) is 0.332. The number of nitrogens with two attached hydrogens (primary N) is 1. The number of hydrogen-bond donors (Lipinski definition) is 3. The first-order chi connectivity index (χ1) is 14.3. The van der Waals surface area contributed by atoms with Gasteiger partial charge in [0.25, 0.3) is 0 Å². The number of carbonyl (C=O) groups is 3. The van der Waals surface area contributed by atoms with Gasteiger partial charge in [-0.05, 0) is 24.8 Å². The van der Waals surface area contributed by atoms with Crippen LogP contribution in [-0.4, -0.2) is 34.6 Å². The topological polar surface area (TPSA) is 118 Å². The standard InChI is InChI=1S/C23H26N2O5/c24-25(14-6-11-21(26)27)20-10-5-4-9-17(20)15-19(22(25)28)18(23(29)30)13-12-16-7-2-1-3-8-16/h1-5,7-10,18-19H,6,11-15,24H2,(H-,26,27,29,30)/p+1. The lowest BCUT2D eigenvalue weighted by Crippen LogP contribution is -2.66. The minimum absolute atomic E-state index is 0.103. The molecule has 1 aliphatic rings. The number of benzene rings is 2. The number of quaternary nitrogens is 1. The van der Waals surface area contributed by atoms with Crippen molar-refractivity contribution in [2.24, 2.45) is 17.7 Å². The van der Waals surface area contributed by atoms with Crippen LogP contribution in [0.3, 0.4) is 0 Å². The van der Waals surface area contributed by atoms with E-state index in [2.05, 4.69) is 0 Å². The Labute approximate surface area is 175 Å². The fraction of sp³-hybridized carbons (Fsp3) is 0.348. The maximum absolute atomic E-state index is 13.5. The molecule has 3 atom stereocenters. The molecule has 0 aromatic heterocycles. The summed E-state index contributed by atoms with van der Waals surface area (Å²) in [6, 6.07) is 16.8. The van der Waals surface area contributed by atoms with Crippen LogP contribution in [0, 0.1) is 11.8 Å². The minimum atomic E-state index is -1.01. The van der Waals surface area contributed by atoms with Crippen molar-refractivity contribution in [3.05, 3.63) is 65.7 Å². The van der Waals surface area contributed by atoms with Gasteiger partial charge in [0, 0.05) is 18.1 Å². The number of carboxylic acid groups (broad SMARTS) is 2. The Hall–Kier alpha value is -3.03. The minimum Gasteiger partial charge on any atom is -0.481 e. The van der Waals surface area contributed by atoms with E-state index in [1.807, 2.05) is 42.5 Å². The highest BCUT2D eigenvalue weighted by Crippen LogP contribution is 2.38. The van der Waals surface area contributed by atoms with Crippen LogP contribution in [0.5, 0.6) is 0 Å². The number of carbonyl (C=O) groups excluding carboxylic acids is 1. The van der Waals surface area contributed by atoms with Gasteiger partial charge in [0.1, 0.15) is 6.54 Å². The Balaban J connectivity index is 1.88. The molecule has 2 aromatic rings. The molecule has 7 heteroatoms. The van der Waals surface area contributed by atoms with Crippen molar-refractivity contribution in [1.82, 2.24) is 4.59 Å². The molecule has 7 nitrogen and oxygen atoms in total. The monoisotopic (exact) mass is 411 g/mol. The lowest BCUT2D eigenvalue weighted by Gasteiger charge is -2.39. The lowest BCUT2D eigenvalue weighted by atomic mass is 9.79. The SMILES string of the molecule is N[N+]1(CCCC(=O)O)C(=O)C(C(CCc2ccccc2)C(=O)O)Cc2ccccc21. The van der Waals surface area contributed by atoms with Crippen LogP contribution in [0.2, 0.25) is 0 Å². The van der Waals surface area contributed by atoms with Crippen LogP contribution >= 0.6 is 0 Å². The zero-order valence-corrected chi connectivity index (χ0v) is 16.7. The third kappa shape index (κ3) is 4.58. The summed E-state index contributed by atoms with van der Waals surface area (Å²) in [5, 5.41) is 18.9. The fourth-order valence-electron chi connectivity index (χ4n) is 4.30. The second kappa shape index (κ2) is 9.19. The van der Waals surface area contributed by atoms with Gasteiger partial charge in [-0.3, -0.25) is 9.59 Å². The predicted octanol–water partition coefficient (Wildman–Crippen LogP) is 2.76. The summed E-state index contributed by atoms with van der Waals surface area (Å²) in [6.07, 6.45) is 1.31. The van der Waals surface area contributed by atoms with E-state index in [4.69, 9.17) is 10.9 Å². The van der Waals surface area contributed by atoms with Gasteiger partial charge in [0.2, 0.25) is 0 Å². The number of nitrogens with zero attached hydrogens (tertiary/aromatic N) is 1. The Morgan fingerprint density at radius 1 is 1.07 bits per heavy atom. The first-order valence-corrected chi connectivity index (χ1v) is 10.1. The molecule has 0 bridgehead atoms. The Kier molecular flexibility index (Phi) is 6.64. The molecule has 0 spiro atoms. The third-order valence-corrected chi connectivity index (χ3v) is 5.86. The van der Waals surface area contributed by atoms with Gasteiger partial charge in [0.05, 0.1) is 18.3 Å². The Bertz CT molecular complexity index is 930. The Morgan fingerprint density at radius 3 is 2.40 bits per heavy atom. The first kappa shape index (κ1) is 21.7. The molecule has 3 unspecified atom stereocenters. The molecule has 1 amide bonds. The summed E-state index contributed by atoms with van der Waals surface area (Å²) in [5.74, 6) is 2.57. The molecular formula is C23H27N2O5+. The maximum Gasteiger partial charge on any atom is 0.341 e. The van der Waals surface area contributed by atoms with Crippen LogP contribution in [0.25, 0.3) is 0 Å². The largest absolute Gasteiger partial charge is 0.481 e. The van der Waals surface area contributed by atoms with Gasteiger partial charge in [-0.25, -0.2) is 4.79 Å². The van der Waals surface area contributed by atoms with E-state index in [0.29, 0.717) is 24.9 Å². The molecule has 0 radical (unpaired) electrons. The summed E-state index contributed by atoms with van der Waals surface area (Å²) < 4.78 is -0.552. The van der Waals surface area contributed by atoms with Crippen molar-refractivity contribution < 1.29 is 24.6 Å². The molecule has 0 saturated carbocycles. The Morgan fingerprint density at radius 2 is 1.73 bits per heavy atom. The number of aliphatic carboxylic acids is 2. The van der Waals surface area contributed by atoms with Crippen molar-refractivity contribution in [3.8, 4) is 0 Å². The number of hydrogen-bond acceptors (Lipinski definition) is 4. The number of rotatable bonds is 9. The molecule has 0 aliphatic carbocycles. The van der Waals surface area contributed by atoms with Crippen molar-refractivity contribution in [2.75, 3.05) is 6.54 Å². The number of fused-ring (bicyclic) bond motifs is 1. The fourth-order valence-corrected chi connectivity index (χ4v) is 4.30. The van der Waals surface area contributed by atoms with Crippen LogP contribution in [0.15, 0.2) is 54.6 Å². The van der Waals surface area contributed by atoms with Gasteiger partial charge in [-0.15, -0.1) is 0 Å². The van der Waals surface area contributed by atoms with E-state index in [9.17, 15) is 19.5 Å². The van der Waals surface area contributed by atoms with E-state index in [-0.39, 0.29) is 25.3 Å². The normalized spacial score (nSPS) is 21.6. The smallest absolute Gasteiger partial charge is 0.341 e. The van der Waals surface area contributed by atoms with Crippen LogP contribution in [0.1, 0.15) is 30.4 Å². The van der Waals surface area contributed by atoms with E-state index >= 15 is 0 Å². The van der Waals surface area contributed by atoms with Gasteiger partial charge < -0.3 is 10.2 Å². The molecule has 0 saturated heterocycles. The van der Waals surface area contributed by atoms with Crippen LogP contribution < -0.4 is 10.4 Å². The molecule has 1 heterocycles. The summed E-state index contributed by atoms with van der Waals surface area (Å²) >= 11 is 0. The van der Waals surface area contributed by atoms with E-state index in [1.165, 1.54) is 0 Å². The number of para-hydroxylation sites is 1. The van der Waals surface area contributed by atoms with Gasteiger partial charge >= 0.3 is 17.8 Å². The molecule has 3 rings (SSSR count). The highest BCUT2D eigenvalue weighted by Gasteiger charge is 2.51. The summed E-state index contributed by atoms with van der Waals surface area (Å²) in [6.45, 7) is 0.115. The molecule has 1 aliphatic heterocycles. The first-order valence-electron chi connectivity index (χ1n) is 10.1. The number of aryl methyl sites for hydroxylation is 1. The van der Waals surface area contributed by atoms with Crippen LogP contribution in [0.4, 0.5) is 5.69 Å². The highest BCUT2D eigenvalue weighted by molar-refractivity contribution is 5.95. The van der Waals surface area contributed by atoms with E-state index in [0.717, 1.165) is 11.1 Å². The second-order valence-electron chi connectivity index (χ2n) is 7.84. The zero-order chi connectivity index (χ0) is 21.7. The van der Waals surface area contributed by atoms with E-state index < -0.39 is 28.4 Å². The summed E-state index contributed by atoms with van der Waals surface area (Å²) in [7, 11) is 0. The van der Waals surface area contributed by atoms with Gasteiger partial charge in [0.15, 0.2) is 5.69 Å². The van der Waals surface area contributed by atoms with Gasteiger partial charge in [-0.2, -0.15) is 10.4 Å². The van der Waals surface area contributed by atoms with Crippen LogP contribution in [-0.2, 0) is 27.2 Å². The number of carboxylic acids is 2. The number of amides is 1. The summed E-state index contributed by atoms with van der Waals surface area (Å²) in [4.78, 5) is 36.5. The van der Waals surface area contributed by atoms with E-state index in [1.54, 1.807) is 12.1 Å². The molecular weight excluding hydrogens is 384 g/mol. The zero-order valence-electron chi connectivity index (χ0n) is 16.7. The van der Waals surface area contributed by atoms with Crippen molar-refractivity contribution in [2.45, 2.75) is 32.1 Å². The second-order valence-corrected chi connectivity index (χ2v) is 7.84. The lowest BCUT2D eigenvalue weighted by molar-refractivity contribution is -0.151.